The zero-order chi connectivity index (χ0) is 32.2. The summed E-state index contributed by atoms with van der Waals surface area (Å²) in [6.45, 7) is 9.26. The number of hydrogen-bond acceptors (Lipinski definition) is 5. The number of aliphatic imine (C=N–C) groups is 2. The topological polar surface area (TPSA) is 108 Å². The molecule has 0 spiro atoms. The van der Waals surface area contributed by atoms with Gasteiger partial charge < -0.3 is 10.2 Å². The number of aryl methyl sites for hydroxylation is 1. The first kappa shape index (κ1) is 33.0. The molecular weight excluding hydrogens is 586 g/mol. The van der Waals surface area contributed by atoms with Crippen molar-refractivity contribution in [2.45, 2.75) is 70.3 Å². The first-order chi connectivity index (χ1) is 20.8. The van der Waals surface area contributed by atoms with E-state index in [-0.39, 0.29) is 28.9 Å². The Morgan fingerprint density at radius 2 is 1.73 bits per heavy atom. The molecule has 1 aliphatic rings. The van der Waals surface area contributed by atoms with Crippen LogP contribution in [0.25, 0.3) is 11.1 Å². The number of nitrogens with one attached hydrogen (secondary N) is 2. The van der Waals surface area contributed by atoms with Gasteiger partial charge in [0.05, 0.1) is 17.5 Å². The Morgan fingerprint density at radius 1 is 1.07 bits per heavy atom. The van der Waals surface area contributed by atoms with Gasteiger partial charge in [-0.3, -0.25) is 14.1 Å². The Kier molecular flexibility index (Phi) is 10.4. The average molecular weight is 627 g/mol. The number of pyridine rings is 1. The van der Waals surface area contributed by atoms with E-state index < -0.39 is 27.4 Å². The van der Waals surface area contributed by atoms with Crippen LogP contribution >= 0.6 is 0 Å². The molecule has 4 rings (SSSR count). The molecule has 1 aromatic heterocycles. The third-order valence-electron chi connectivity index (χ3n) is 7.84. The lowest BCUT2D eigenvalue weighted by atomic mass is 9.91. The summed E-state index contributed by atoms with van der Waals surface area (Å²) in [5.41, 5.74) is 1.01. The maximum Gasteiger partial charge on any atom is 0.260 e. The largest absolute Gasteiger partial charge is 0.310 e. The van der Waals surface area contributed by atoms with E-state index in [9.17, 15) is 17.6 Å². The molecule has 0 unspecified atom stereocenters. The number of sulfonamides is 1. The Bertz CT molecular complexity index is 1690. The summed E-state index contributed by atoms with van der Waals surface area (Å²) in [6, 6.07) is 11.0. The summed E-state index contributed by atoms with van der Waals surface area (Å²) in [5, 5.41) is 3.22. The van der Waals surface area contributed by atoms with E-state index in [2.05, 4.69) is 40.7 Å². The molecule has 1 fully saturated rings. The Labute approximate surface area is 257 Å². The summed E-state index contributed by atoms with van der Waals surface area (Å²) in [4.78, 5) is 24.9. The van der Waals surface area contributed by atoms with Crippen molar-refractivity contribution >= 4 is 34.2 Å². The predicted molar refractivity (Wildman–Crippen MR) is 174 cm³/mol. The van der Waals surface area contributed by atoms with Crippen LogP contribution in [0.3, 0.4) is 0 Å². The van der Waals surface area contributed by atoms with Gasteiger partial charge in [0, 0.05) is 17.6 Å². The zero-order valence-corrected chi connectivity index (χ0v) is 26.6. The minimum Gasteiger partial charge on any atom is -0.310 e. The van der Waals surface area contributed by atoms with Gasteiger partial charge in [0.25, 0.3) is 5.56 Å². The van der Waals surface area contributed by atoms with Gasteiger partial charge in [-0.05, 0) is 114 Å². The first-order valence-electron chi connectivity index (χ1n) is 14.6. The smallest absolute Gasteiger partial charge is 0.260 e. The van der Waals surface area contributed by atoms with Gasteiger partial charge in [0.2, 0.25) is 16.0 Å². The number of anilines is 2. The van der Waals surface area contributed by atoms with Gasteiger partial charge in [-0.25, -0.2) is 27.2 Å². The molecule has 1 saturated carbocycles. The minimum absolute atomic E-state index is 0.104. The summed E-state index contributed by atoms with van der Waals surface area (Å²) in [6.07, 6.45) is 3.95. The number of guanidine groups is 1. The second-order valence-electron chi connectivity index (χ2n) is 11.7. The normalized spacial score (nSPS) is 17.6. The molecule has 2 N–H and O–H groups in total. The highest BCUT2D eigenvalue weighted by Crippen LogP contribution is 2.28. The van der Waals surface area contributed by atoms with Crippen LogP contribution in [0.5, 0.6) is 0 Å². The molecule has 236 valence electrons. The molecule has 2 aromatic carbocycles. The molecule has 0 atom stereocenters. The van der Waals surface area contributed by atoms with Crippen molar-refractivity contribution in [3.8, 4) is 11.1 Å². The molecule has 0 amide bonds. The number of hydrogen-bond donors (Lipinski definition) is 2. The Hall–Kier alpha value is -3.90. The molecule has 0 saturated heterocycles. The van der Waals surface area contributed by atoms with Gasteiger partial charge in [0.15, 0.2) is 0 Å². The molecule has 0 radical (unpaired) electrons. The maximum atomic E-state index is 15.2. The highest BCUT2D eigenvalue weighted by molar-refractivity contribution is 7.91. The van der Waals surface area contributed by atoms with Crippen molar-refractivity contribution in [3.63, 3.8) is 0 Å². The van der Waals surface area contributed by atoms with Gasteiger partial charge in [0.1, 0.15) is 17.5 Å². The van der Waals surface area contributed by atoms with Crippen LogP contribution in [0.15, 0.2) is 63.3 Å². The molecular formula is C32H40F2N6O3S. The van der Waals surface area contributed by atoms with Crippen molar-refractivity contribution in [1.82, 2.24) is 9.47 Å². The van der Waals surface area contributed by atoms with E-state index in [1.807, 2.05) is 20.8 Å². The summed E-state index contributed by atoms with van der Waals surface area (Å²) in [5.74, 6) is -0.919. The van der Waals surface area contributed by atoms with Crippen LogP contribution in [-0.2, 0) is 15.8 Å². The fourth-order valence-electron chi connectivity index (χ4n) is 5.49. The predicted octanol–water partition coefficient (Wildman–Crippen LogP) is 5.97. The van der Waals surface area contributed by atoms with Crippen molar-refractivity contribution in [1.29, 1.82) is 0 Å². The summed E-state index contributed by atoms with van der Waals surface area (Å²) >= 11 is 0. The second-order valence-corrected chi connectivity index (χ2v) is 13.4. The minimum atomic E-state index is -3.98. The third kappa shape index (κ3) is 7.97. The molecule has 0 aliphatic heterocycles. The van der Waals surface area contributed by atoms with E-state index in [1.54, 1.807) is 10.6 Å². The van der Waals surface area contributed by atoms with Crippen LogP contribution < -0.4 is 15.6 Å². The van der Waals surface area contributed by atoms with Crippen LogP contribution in [0.4, 0.5) is 20.3 Å². The van der Waals surface area contributed by atoms with E-state index >= 15 is 4.39 Å². The number of halogens is 2. The maximum absolute atomic E-state index is 15.2. The van der Waals surface area contributed by atoms with E-state index in [4.69, 9.17) is 4.99 Å². The van der Waals surface area contributed by atoms with Crippen LogP contribution in [-0.4, -0.2) is 56.7 Å². The number of rotatable bonds is 9. The summed E-state index contributed by atoms with van der Waals surface area (Å²) < 4.78 is 57.5. The Balaban J connectivity index is 1.59. The molecule has 12 heteroatoms. The Morgan fingerprint density at radius 3 is 2.30 bits per heavy atom. The lowest BCUT2D eigenvalue weighted by molar-refractivity contribution is 0.217. The third-order valence-corrected chi connectivity index (χ3v) is 9.08. The molecule has 0 bridgehead atoms. The van der Waals surface area contributed by atoms with Crippen molar-refractivity contribution in [3.05, 3.63) is 81.6 Å². The van der Waals surface area contributed by atoms with Gasteiger partial charge in [-0.2, -0.15) is 0 Å². The molecule has 44 heavy (non-hydrogen) atoms. The number of nitrogens with zero attached hydrogens (tertiary/aromatic N) is 4. The van der Waals surface area contributed by atoms with Gasteiger partial charge in [-0.1, -0.05) is 18.2 Å². The zero-order valence-electron chi connectivity index (χ0n) is 25.8. The lowest BCUT2D eigenvalue weighted by Crippen LogP contribution is -2.34. The molecule has 3 aromatic rings. The monoisotopic (exact) mass is 626 g/mol. The van der Waals surface area contributed by atoms with Crippen LogP contribution in [0.1, 0.15) is 56.7 Å². The quantitative estimate of drug-likeness (QED) is 0.225. The molecule has 1 heterocycles. The highest BCUT2D eigenvalue weighted by Gasteiger charge is 2.24. The van der Waals surface area contributed by atoms with Gasteiger partial charge in [-0.15, -0.1) is 0 Å². The average Bonchev–Trinajstić information content (AvgIpc) is 2.96. The summed E-state index contributed by atoms with van der Waals surface area (Å²) in [7, 11) is 0.195. The standard InChI is InChI=1S/C32H40F2N6O3S/c1-20(2)40-30(37-32(35-4)36-25-12-14-26(15-13-25)39(5)6)21(3)17-27(31(40)41)23-9-16-29(28(34)18-23)38-44(42,43)19-22-7-10-24(33)11-8-22/h7-11,16-18,20,25-26,38H,4,12-15,19H2,1-3,5-6H3,(H,36,37). The molecule has 1 aliphatic carbocycles. The van der Waals surface area contributed by atoms with Crippen LogP contribution in [0, 0.1) is 18.6 Å². The van der Waals surface area contributed by atoms with Crippen LogP contribution in [0.2, 0.25) is 0 Å². The van der Waals surface area contributed by atoms with Crippen molar-refractivity contribution in [2.24, 2.45) is 9.98 Å². The lowest BCUT2D eigenvalue weighted by Gasteiger charge is -2.31. The van der Waals surface area contributed by atoms with E-state index in [1.165, 1.54) is 24.3 Å². The highest BCUT2D eigenvalue weighted by atomic mass is 32.2. The fourth-order valence-corrected chi connectivity index (χ4v) is 6.69. The van der Waals surface area contributed by atoms with Crippen molar-refractivity contribution in [2.75, 3.05) is 24.1 Å². The number of benzene rings is 2. The van der Waals surface area contributed by atoms with Gasteiger partial charge >= 0.3 is 0 Å². The molecule has 9 nitrogen and oxygen atoms in total. The fraction of sp³-hybridized carbons (Fsp3) is 0.406. The second kappa shape index (κ2) is 13.8. The first-order valence-corrected chi connectivity index (χ1v) is 16.2. The van der Waals surface area contributed by atoms with E-state index in [0.29, 0.717) is 34.5 Å². The van der Waals surface area contributed by atoms with E-state index in [0.717, 1.165) is 43.9 Å². The SMILES string of the molecule is C=NC(=NC1CCC(N(C)C)CC1)Nc1c(C)cc(-c2ccc(NS(=O)(=O)Cc3ccc(F)cc3)c(F)c2)c(=O)n1C(C)C. The van der Waals surface area contributed by atoms with Crippen molar-refractivity contribution < 1.29 is 17.2 Å². The number of aromatic nitrogens is 1.